The standard InChI is InChI=1S/C4H5ClO/c5-4-2-1-3-6-4/h2H,1,3H2. The Hall–Kier alpha value is -0.170. The Balaban J connectivity index is 2.45. The molecule has 0 saturated heterocycles. The number of hydrogen-bond acceptors (Lipinski definition) is 1. The van der Waals surface area contributed by atoms with Crippen LogP contribution in [-0.4, -0.2) is 6.61 Å². The van der Waals surface area contributed by atoms with Crippen molar-refractivity contribution in [1.29, 1.82) is 0 Å². The molecule has 0 fully saturated rings. The average Bonchev–Trinajstić information content (AvgIpc) is 1.86. The SMILES string of the molecule is ClC1=CCCO1. The summed E-state index contributed by atoms with van der Waals surface area (Å²) in [6.07, 6.45) is 2.83. The van der Waals surface area contributed by atoms with Crippen LogP contribution in [0.2, 0.25) is 0 Å². The molecule has 0 atom stereocenters. The molecule has 0 aromatic heterocycles. The molecular weight excluding hydrogens is 99.5 g/mol. The smallest absolute Gasteiger partial charge is 0.182 e. The van der Waals surface area contributed by atoms with Crippen molar-refractivity contribution in [2.24, 2.45) is 0 Å². The predicted molar refractivity (Wildman–Crippen MR) is 24.5 cm³/mol. The summed E-state index contributed by atoms with van der Waals surface area (Å²) in [5.41, 5.74) is 0. The lowest BCUT2D eigenvalue weighted by molar-refractivity contribution is 0.269. The third kappa shape index (κ3) is 0.658. The molecule has 0 amide bonds. The van der Waals surface area contributed by atoms with Gasteiger partial charge in [-0.3, -0.25) is 0 Å². The molecule has 1 rings (SSSR count). The third-order valence-corrected chi connectivity index (χ3v) is 0.926. The Bertz CT molecular complexity index is 77.6. The maximum atomic E-state index is 5.35. The maximum absolute atomic E-state index is 5.35. The first kappa shape index (κ1) is 4.00. The molecule has 1 nitrogen and oxygen atoms in total. The highest BCUT2D eigenvalue weighted by Crippen LogP contribution is 2.11. The zero-order chi connectivity index (χ0) is 4.41. The minimum Gasteiger partial charge on any atom is -0.483 e. The molecule has 0 aliphatic carbocycles. The van der Waals surface area contributed by atoms with Gasteiger partial charge in [-0.25, -0.2) is 0 Å². The number of halogens is 1. The van der Waals surface area contributed by atoms with Crippen molar-refractivity contribution in [3.8, 4) is 0 Å². The van der Waals surface area contributed by atoms with Crippen LogP contribution in [-0.2, 0) is 4.74 Å². The highest BCUT2D eigenvalue weighted by Gasteiger charge is 1.97. The Morgan fingerprint density at radius 3 is 2.83 bits per heavy atom. The molecule has 0 saturated carbocycles. The van der Waals surface area contributed by atoms with E-state index in [1.165, 1.54) is 0 Å². The summed E-state index contributed by atoms with van der Waals surface area (Å²) < 4.78 is 4.78. The van der Waals surface area contributed by atoms with Crippen LogP contribution in [0.15, 0.2) is 11.3 Å². The molecular formula is C4H5ClO. The van der Waals surface area contributed by atoms with Crippen LogP contribution < -0.4 is 0 Å². The minimum atomic E-state index is 0.551. The lowest BCUT2D eigenvalue weighted by Gasteiger charge is -1.86. The van der Waals surface area contributed by atoms with Crippen LogP contribution in [0.25, 0.3) is 0 Å². The summed E-state index contributed by atoms with van der Waals surface area (Å²) in [5, 5.41) is 0.551. The molecule has 1 aliphatic heterocycles. The lowest BCUT2D eigenvalue weighted by atomic mass is 10.5. The van der Waals surface area contributed by atoms with Gasteiger partial charge in [0.2, 0.25) is 0 Å². The average molecular weight is 105 g/mol. The molecule has 0 aromatic carbocycles. The fourth-order valence-corrected chi connectivity index (χ4v) is 0.574. The van der Waals surface area contributed by atoms with Crippen LogP contribution in [0.3, 0.4) is 0 Å². The molecule has 0 N–H and O–H groups in total. The summed E-state index contributed by atoms with van der Waals surface area (Å²) in [6.45, 7) is 0.763. The molecule has 34 valence electrons. The van der Waals surface area contributed by atoms with E-state index in [2.05, 4.69) is 0 Å². The second kappa shape index (κ2) is 1.52. The van der Waals surface area contributed by atoms with Crippen molar-refractivity contribution < 1.29 is 4.74 Å². The van der Waals surface area contributed by atoms with Crippen molar-refractivity contribution in [1.82, 2.24) is 0 Å². The molecule has 1 aliphatic rings. The minimum absolute atomic E-state index is 0.551. The van der Waals surface area contributed by atoms with Gasteiger partial charge in [-0.1, -0.05) is 0 Å². The molecule has 0 aromatic rings. The number of hydrogen-bond donors (Lipinski definition) is 0. The Morgan fingerprint density at radius 2 is 2.67 bits per heavy atom. The molecule has 0 radical (unpaired) electrons. The van der Waals surface area contributed by atoms with E-state index in [9.17, 15) is 0 Å². The summed E-state index contributed by atoms with van der Waals surface area (Å²) in [4.78, 5) is 0. The van der Waals surface area contributed by atoms with Crippen molar-refractivity contribution >= 4 is 11.6 Å². The van der Waals surface area contributed by atoms with E-state index < -0.39 is 0 Å². The van der Waals surface area contributed by atoms with E-state index in [1.54, 1.807) is 0 Å². The molecule has 2 heteroatoms. The summed E-state index contributed by atoms with van der Waals surface area (Å²) in [5.74, 6) is 0. The van der Waals surface area contributed by atoms with Crippen LogP contribution in [0.5, 0.6) is 0 Å². The van der Waals surface area contributed by atoms with Gasteiger partial charge in [0.05, 0.1) is 6.61 Å². The Kier molecular flexibility index (Phi) is 1.01. The fraction of sp³-hybridized carbons (Fsp3) is 0.500. The summed E-state index contributed by atoms with van der Waals surface area (Å²) in [6, 6.07) is 0. The van der Waals surface area contributed by atoms with Gasteiger partial charge in [-0.2, -0.15) is 0 Å². The normalized spacial score (nSPS) is 19.8. The fourth-order valence-electron chi connectivity index (χ4n) is 0.388. The van der Waals surface area contributed by atoms with E-state index in [0.717, 1.165) is 13.0 Å². The van der Waals surface area contributed by atoms with Gasteiger partial charge in [-0.15, -0.1) is 0 Å². The van der Waals surface area contributed by atoms with Gasteiger partial charge in [0.15, 0.2) is 5.22 Å². The van der Waals surface area contributed by atoms with Crippen LogP contribution in [0, 0.1) is 0 Å². The Morgan fingerprint density at radius 1 is 1.83 bits per heavy atom. The van der Waals surface area contributed by atoms with Gasteiger partial charge < -0.3 is 4.74 Å². The van der Waals surface area contributed by atoms with Crippen molar-refractivity contribution in [3.63, 3.8) is 0 Å². The monoisotopic (exact) mass is 104 g/mol. The third-order valence-electron chi connectivity index (χ3n) is 0.663. The molecule has 1 heterocycles. The first-order chi connectivity index (χ1) is 2.89. The van der Waals surface area contributed by atoms with Crippen LogP contribution in [0.1, 0.15) is 6.42 Å². The van der Waals surface area contributed by atoms with Gasteiger partial charge >= 0.3 is 0 Å². The Labute approximate surface area is 41.6 Å². The van der Waals surface area contributed by atoms with Gasteiger partial charge in [0.25, 0.3) is 0 Å². The first-order valence-electron chi connectivity index (χ1n) is 1.88. The van der Waals surface area contributed by atoms with E-state index in [-0.39, 0.29) is 0 Å². The quantitative estimate of drug-likeness (QED) is 0.453. The van der Waals surface area contributed by atoms with Gasteiger partial charge in [0, 0.05) is 6.42 Å². The van der Waals surface area contributed by atoms with E-state index in [4.69, 9.17) is 16.3 Å². The van der Waals surface area contributed by atoms with E-state index in [1.807, 2.05) is 6.08 Å². The largest absolute Gasteiger partial charge is 0.483 e. The van der Waals surface area contributed by atoms with Crippen molar-refractivity contribution in [2.45, 2.75) is 6.42 Å². The number of ether oxygens (including phenoxy) is 1. The molecule has 0 bridgehead atoms. The second-order valence-electron chi connectivity index (χ2n) is 1.15. The highest BCUT2D eigenvalue weighted by atomic mass is 35.5. The molecule has 0 unspecified atom stereocenters. The molecule has 6 heavy (non-hydrogen) atoms. The maximum Gasteiger partial charge on any atom is 0.182 e. The lowest BCUT2D eigenvalue weighted by Crippen LogP contribution is -1.74. The summed E-state index contributed by atoms with van der Waals surface area (Å²) in [7, 11) is 0. The second-order valence-corrected chi connectivity index (χ2v) is 1.52. The number of rotatable bonds is 0. The van der Waals surface area contributed by atoms with Gasteiger partial charge in [-0.05, 0) is 17.7 Å². The van der Waals surface area contributed by atoms with E-state index in [0.29, 0.717) is 5.22 Å². The topological polar surface area (TPSA) is 9.23 Å². The highest BCUT2D eigenvalue weighted by molar-refractivity contribution is 6.28. The predicted octanol–water partition coefficient (Wildman–Crippen LogP) is 1.49. The van der Waals surface area contributed by atoms with Crippen LogP contribution in [0.4, 0.5) is 0 Å². The zero-order valence-corrected chi connectivity index (χ0v) is 4.03. The molecule has 0 spiro atoms. The first-order valence-corrected chi connectivity index (χ1v) is 2.26. The van der Waals surface area contributed by atoms with Crippen molar-refractivity contribution in [2.75, 3.05) is 6.61 Å². The summed E-state index contributed by atoms with van der Waals surface area (Å²) >= 11 is 5.35. The van der Waals surface area contributed by atoms with Crippen LogP contribution >= 0.6 is 11.6 Å². The van der Waals surface area contributed by atoms with E-state index >= 15 is 0 Å². The van der Waals surface area contributed by atoms with Crippen molar-refractivity contribution in [3.05, 3.63) is 11.3 Å². The van der Waals surface area contributed by atoms with Gasteiger partial charge in [0.1, 0.15) is 0 Å². The zero-order valence-electron chi connectivity index (χ0n) is 3.28.